The summed E-state index contributed by atoms with van der Waals surface area (Å²) >= 11 is 0. The van der Waals surface area contributed by atoms with Crippen LogP contribution in [0.15, 0.2) is 23.2 Å². The van der Waals surface area contributed by atoms with E-state index in [9.17, 15) is 0 Å². The van der Waals surface area contributed by atoms with Crippen LogP contribution in [0.1, 0.15) is 24.8 Å². The SMILES string of the molecule is Cc1ccc2c(c1)N(CC1CC1)CC(CC1=NCCN1)O2. The first-order valence-corrected chi connectivity index (χ1v) is 8.07. The van der Waals surface area contributed by atoms with Crippen molar-refractivity contribution in [3.8, 4) is 5.75 Å². The van der Waals surface area contributed by atoms with Gasteiger partial charge in [-0.1, -0.05) is 6.07 Å². The van der Waals surface area contributed by atoms with Crippen LogP contribution in [0.25, 0.3) is 0 Å². The number of ether oxygens (including phenoxy) is 1. The summed E-state index contributed by atoms with van der Waals surface area (Å²) in [6, 6.07) is 6.53. The topological polar surface area (TPSA) is 36.9 Å². The van der Waals surface area contributed by atoms with Crippen molar-refractivity contribution in [3.63, 3.8) is 0 Å². The summed E-state index contributed by atoms with van der Waals surface area (Å²) < 4.78 is 6.22. The van der Waals surface area contributed by atoms with Gasteiger partial charge in [-0.2, -0.15) is 0 Å². The van der Waals surface area contributed by atoms with Gasteiger partial charge in [0, 0.05) is 19.5 Å². The molecular weight excluding hydrogens is 262 g/mol. The smallest absolute Gasteiger partial charge is 0.143 e. The number of aliphatic imine (C=N–C) groups is 1. The predicted molar refractivity (Wildman–Crippen MR) is 85.5 cm³/mol. The fourth-order valence-electron chi connectivity index (χ4n) is 3.23. The van der Waals surface area contributed by atoms with E-state index in [1.807, 2.05) is 0 Å². The van der Waals surface area contributed by atoms with Crippen molar-refractivity contribution in [3.05, 3.63) is 23.8 Å². The molecule has 1 aromatic rings. The van der Waals surface area contributed by atoms with Crippen molar-refractivity contribution < 1.29 is 4.74 Å². The van der Waals surface area contributed by atoms with Gasteiger partial charge in [-0.3, -0.25) is 4.99 Å². The molecule has 1 aromatic carbocycles. The highest BCUT2D eigenvalue weighted by atomic mass is 16.5. The number of hydrogen-bond donors (Lipinski definition) is 1. The van der Waals surface area contributed by atoms with Crippen molar-refractivity contribution in [2.45, 2.75) is 32.3 Å². The Balaban J connectivity index is 1.55. The van der Waals surface area contributed by atoms with E-state index in [0.717, 1.165) is 43.6 Å². The molecule has 4 heteroatoms. The largest absolute Gasteiger partial charge is 0.486 e. The maximum absolute atomic E-state index is 6.22. The van der Waals surface area contributed by atoms with E-state index in [1.165, 1.54) is 30.6 Å². The second-order valence-corrected chi connectivity index (χ2v) is 6.52. The molecule has 1 saturated carbocycles. The Morgan fingerprint density at radius 1 is 1.38 bits per heavy atom. The summed E-state index contributed by atoms with van der Waals surface area (Å²) in [5.41, 5.74) is 2.58. The lowest BCUT2D eigenvalue weighted by atomic mass is 10.1. The fourth-order valence-corrected chi connectivity index (χ4v) is 3.23. The summed E-state index contributed by atoms with van der Waals surface area (Å²) in [5, 5.41) is 3.36. The quantitative estimate of drug-likeness (QED) is 0.922. The number of nitrogens with one attached hydrogen (secondary N) is 1. The third-order valence-electron chi connectivity index (χ3n) is 4.51. The molecule has 0 spiro atoms. The number of hydrogen-bond acceptors (Lipinski definition) is 4. The molecule has 1 N–H and O–H groups in total. The number of amidine groups is 1. The lowest BCUT2D eigenvalue weighted by Crippen LogP contribution is -2.43. The highest BCUT2D eigenvalue weighted by Crippen LogP contribution is 2.38. The van der Waals surface area contributed by atoms with Gasteiger partial charge in [-0.15, -0.1) is 0 Å². The fraction of sp³-hybridized carbons (Fsp3) is 0.588. The van der Waals surface area contributed by atoms with Crippen LogP contribution < -0.4 is 15.0 Å². The van der Waals surface area contributed by atoms with Crippen molar-refractivity contribution in [2.24, 2.45) is 10.9 Å². The Morgan fingerprint density at radius 3 is 3.05 bits per heavy atom. The molecule has 3 aliphatic rings. The van der Waals surface area contributed by atoms with Crippen molar-refractivity contribution in [2.75, 3.05) is 31.1 Å². The maximum atomic E-state index is 6.22. The second kappa shape index (κ2) is 5.24. The molecule has 1 atom stereocenters. The van der Waals surface area contributed by atoms with Crippen molar-refractivity contribution in [1.29, 1.82) is 0 Å². The Bertz CT molecular complexity index is 565. The van der Waals surface area contributed by atoms with Gasteiger partial charge in [0.2, 0.25) is 0 Å². The molecule has 0 saturated heterocycles. The van der Waals surface area contributed by atoms with Gasteiger partial charge >= 0.3 is 0 Å². The average molecular weight is 285 g/mol. The molecule has 0 amide bonds. The number of anilines is 1. The summed E-state index contributed by atoms with van der Waals surface area (Å²) in [4.78, 5) is 7.04. The van der Waals surface area contributed by atoms with Crippen LogP contribution in [0.4, 0.5) is 5.69 Å². The molecular formula is C17H23N3O. The number of aryl methyl sites for hydroxylation is 1. The molecule has 0 aromatic heterocycles. The zero-order chi connectivity index (χ0) is 14.2. The van der Waals surface area contributed by atoms with Crippen LogP contribution in [0, 0.1) is 12.8 Å². The van der Waals surface area contributed by atoms with Crippen LogP contribution in [-0.2, 0) is 0 Å². The average Bonchev–Trinajstić information content (AvgIpc) is 3.14. The normalized spacial score (nSPS) is 24.1. The zero-order valence-electron chi connectivity index (χ0n) is 12.6. The third-order valence-corrected chi connectivity index (χ3v) is 4.51. The summed E-state index contributed by atoms with van der Waals surface area (Å²) in [7, 11) is 0. The molecule has 1 fully saturated rings. The summed E-state index contributed by atoms with van der Waals surface area (Å²) in [5.74, 6) is 3.04. The van der Waals surface area contributed by atoms with Crippen molar-refractivity contribution in [1.82, 2.24) is 5.32 Å². The van der Waals surface area contributed by atoms with Gasteiger partial charge < -0.3 is 15.0 Å². The number of fused-ring (bicyclic) bond motifs is 1. The molecule has 112 valence electrons. The number of rotatable bonds is 4. The van der Waals surface area contributed by atoms with Crippen LogP contribution in [0.2, 0.25) is 0 Å². The van der Waals surface area contributed by atoms with E-state index in [-0.39, 0.29) is 6.10 Å². The third kappa shape index (κ3) is 2.85. The molecule has 4 nitrogen and oxygen atoms in total. The molecule has 4 rings (SSSR count). The Hall–Kier alpha value is -1.71. The van der Waals surface area contributed by atoms with Gasteiger partial charge in [-0.25, -0.2) is 0 Å². The van der Waals surface area contributed by atoms with E-state index in [1.54, 1.807) is 0 Å². The zero-order valence-corrected chi connectivity index (χ0v) is 12.6. The van der Waals surface area contributed by atoms with E-state index < -0.39 is 0 Å². The molecule has 1 unspecified atom stereocenters. The second-order valence-electron chi connectivity index (χ2n) is 6.52. The molecule has 0 bridgehead atoms. The van der Waals surface area contributed by atoms with Crippen LogP contribution in [0.5, 0.6) is 5.75 Å². The predicted octanol–water partition coefficient (Wildman–Crippen LogP) is 2.36. The minimum Gasteiger partial charge on any atom is -0.486 e. The molecule has 0 radical (unpaired) electrons. The first-order valence-electron chi connectivity index (χ1n) is 8.07. The minimum atomic E-state index is 0.211. The maximum Gasteiger partial charge on any atom is 0.143 e. The lowest BCUT2D eigenvalue weighted by molar-refractivity contribution is 0.199. The van der Waals surface area contributed by atoms with Crippen LogP contribution in [-0.4, -0.2) is 38.1 Å². The first kappa shape index (κ1) is 13.0. The van der Waals surface area contributed by atoms with Gasteiger partial charge in [-0.05, 0) is 43.4 Å². The Kier molecular flexibility index (Phi) is 3.24. The molecule has 1 aliphatic carbocycles. The van der Waals surface area contributed by atoms with Crippen molar-refractivity contribution >= 4 is 11.5 Å². The molecule has 2 heterocycles. The standard InChI is InChI=1S/C17H23N3O/c1-12-2-5-16-15(8-12)20(10-13-3-4-13)11-14(21-16)9-17-18-6-7-19-17/h2,5,8,13-14H,3-4,6-7,9-11H2,1H3,(H,18,19). The Morgan fingerprint density at radius 2 is 2.29 bits per heavy atom. The van der Waals surface area contributed by atoms with E-state index in [4.69, 9.17) is 4.74 Å². The van der Waals surface area contributed by atoms with Gasteiger partial charge in [0.05, 0.1) is 18.8 Å². The van der Waals surface area contributed by atoms with E-state index in [2.05, 4.69) is 40.3 Å². The monoisotopic (exact) mass is 285 g/mol. The molecule has 2 aliphatic heterocycles. The number of nitrogens with zero attached hydrogens (tertiary/aromatic N) is 2. The van der Waals surface area contributed by atoms with Gasteiger partial charge in [0.1, 0.15) is 17.7 Å². The van der Waals surface area contributed by atoms with E-state index in [0.29, 0.717) is 0 Å². The van der Waals surface area contributed by atoms with Gasteiger partial charge in [0.25, 0.3) is 0 Å². The Labute approximate surface area is 126 Å². The highest BCUT2D eigenvalue weighted by molar-refractivity contribution is 5.84. The first-order chi connectivity index (χ1) is 10.3. The summed E-state index contributed by atoms with van der Waals surface area (Å²) in [6.07, 6.45) is 3.88. The minimum absolute atomic E-state index is 0.211. The van der Waals surface area contributed by atoms with Gasteiger partial charge in [0.15, 0.2) is 0 Å². The van der Waals surface area contributed by atoms with E-state index >= 15 is 0 Å². The lowest BCUT2D eigenvalue weighted by Gasteiger charge is -2.36. The highest BCUT2D eigenvalue weighted by Gasteiger charge is 2.31. The molecule has 21 heavy (non-hydrogen) atoms. The summed E-state index contributed by atoms with van der Waals surface area (Å²) in [6.45, 7) is 6.19. The number of benzene rings is 1. The van der Waals surface area contributed by atoms with Crippen LogP contribution >= 0.6 is 0 Å². The van der Waals surface area contributed by atoms with Crippen LogP contribution in [0.3, 0.4) is 0 Å².